The summed E-state index contributed by atoms with van der Waals surface area (Å²) >= 11 is 0. The first-order chi connectivity index (χ1) is 10.3. The van der Waals surface area contributed by atoms with Crippen LogP contribution in [0.4, 0.5) is 17.1 Å². The van der Waals surface area contributed by atoms with Crippen molar-refractivity contribution in [3.8, 4) is 5.75 Å². The molecule has 0 aliphatic carbocycles. The van der Waals surface area contributed by atoms with Crippen LogP contribution in [0.5, 0.6) is 5.75 Å². The highest BCUT2D eigenvalue weighted by Gasteiger charge is 2.15. The van der Waals surface area contributed by atoms with Crippen molar-refractivity contribution in [1.82, 2.24) is 0 Å². The van der Waals surface area contributed by atoms with Gasteiger partial charge in [0.2, 0.25) is 0 Å². The Morgan fingerprint density at radius 3 is 2.57 bits per heavy atom. The van der Waals surface area contributed by atoms with Crippen molar-refractivity contribution < 1.29 is 5.11 Å². The second kappa shape index (κ2) is 5.95. The predicted octanol–water partition coefficient (Wildman–Crippen LogP) is 3.19. The molecule has 1 aliphatic heterocycles. The highest BCUT2D eigenvalue weighted by atomic mass is 16.3. The lowest BCUT2D eigenvalue weighted by molar-refractivity contribution is 0.469. The van der Waals surface area contributed by atoms with E-state index in [1.807, 2.05) is 12.1 Å². The van der Waals surface area contributed by atoms with Crippen LogP contribution in [0.3, 0.4) is 0 Å². The summed E-state index contributed by atoms with van der Waals surface area (Å²) in [5.74, 6) is 0.237. The Morgan fingerprint density at radius 1 is 1.05 bits per heavy atom. The Kier molecular flexibility index (Phi) is 3.86. The minimum Gasteiger partial charge on any atom is -0.508 e. The summed E-state index contributed by atoms with van der Waals surface area (Å²) in [5.41, 5.74) is 9.60. The maximum Gasteiger partial charge on any atom is 0.122 e. The molecule has 2 aromatic rings. The van der Waals surface area contributed by atoms with Gasteiger partial charge in [0.25, 0.3) is 0 Å². The third kappa shape index (κ3) is 2.89. The maximum absolute atomic E-state index is 9.92. The number of hydrogen-bond donors (Lipinski definition) is 3. The number of para-hydroxylation sites is 2. The lowest BCUT2D eigenvalue weighted by Gasteiger charge is -2.22. The number of nitrogens with one attached hydrogen (secondary N) is 1. The summed E-state index contributed by atoms with van der Waals surface area (Å²) in [5, 5.41) is 13.3. The molecule has 2 aromatic carbocycles. The Balaban J connectivity index is 1.79. The van der Waals surface area contributed by atoms with E-state index in [0.717, 1.165) is 24.3 Å². The third-order valence-corrected chi connectivity index (χ3v) is 3.99. The van der Waals surface area contributed by atoms with Gasteiger partial charge in [0.05, 0.1) is 11.4 Å². The highest BCUT2D eigenvalue weighted by Crippen LogP contribution is 2.30. The second-order valence-electron chi connectivity index (χ2n) is 5.41. The van der Waals surface area contributed by atoms with E-state index in [1.54, 1.807) is 12.1 Å². The van der Waals surface area contributed by atoms with Crippen molar-refractivity contribution in [2.45, 2.75) is 19.4 Å². The smallest absolute Gasteiger partial charge is 0.122 e. The van der Waals surface area contributed by atoms with Crippen LogP contribution in [0.2, 0.25) is 0 Å². The van der Waals surface area contributed by atoms with Crippen molar-refractivity contribution >= 4 is 17.1 Å². The third-order valence-electron chi connectivity index (χ3n) is 3.99. The molecule has 0 bridgehead atoms. The number of phenolic OH excluding ortho intramolecular Hbond substituents is 1. The molecule has 0 unspecified atom stereocenters. The number of phenols is 1. The summed E-state index contributed by atoms with van der Waals surface area (Å²) in [4.78, 5) is 2.40. The summed E-state index contributed by atoms with van der Waals surface area (Å²) < 4.78 is 0. The molecule has 0 radical (unpaired) electrons. The number of aromatic hydroxyl groups is 1. The Bertz CT molecular complexity index is 601. The number of anilines is 3. The van der Waals surface area contributed by atoms with Gasteiger partial charge < -0.3 is 21.1 Å². The van der Waals surface area contributed by atoms with E-state index >= 15 is 0 Å². The molecule has 1 saturated heterocycles. The molecule has 1 heterocycles. The van der Waals surface area contributed by atoms with Crippen LogP contribution in [0.25, 0.3) is 0 Å². The van der Waals surface area contributed by atoms with Crippen LogP contribution in [-0.4, -0.2) is 18.2 Å². The molecule has 1 aliphatic rings. The first-order valence-electron chi connectivity index (χ1n) is 7.40. The fraction of sp³-hybridized carbons (Fsp3) is 0.294. The van der Waals surface area contributed by atoms with E-state index in [0.29, 0.717) is 12.2 Å². The zero-order chi connectivity index (χ0) is 14.7. The molecule has 110 valence electrons. The molecule has 4 N–H and O–H groups in total. The van der Waals surface area contributed by atoms with Gasteiger partial charge in [-0.05, 0) is 37.1 Å². The first kappa shape index (κ1) is 13.6. The number of nitrogen functional groups attached to an aromatic ring is 1. The zero-order valence-electron chi connectivity index (χ0n) is 12.0. The zero-order valence-corrected chi connectivity index (χ0v) is 12.0. The van der Waals surface area contributed by atoms with E-state index in [1.165, 1.54) is 18.5 Å². The molecule has 1 fully saturated rings. The number of nitrogens with zero attached hydrogens (tertiary/aromatic N) is 1. The van der Waals surface area contributed by atoms with Gasteiger partial charge in [-0.15, -0.1) is 0 Å². The van der Waals surface area contributed by atoms with Gasteiger partial charge in [-0.2, -0.15) is 0 Å². The van der Waals surface area contributed by atoms with E-state index in [4.69, 9.17) is 5.73 Å². The minimum atomic E-state index is 0.237. The van der Waals surface area contributed by atoms with Crippen molar-refractivity contribution in [3.05, 3.63) is 48.0 Å². The number of hydrogen-bond acceptors (Lipinski definition) is 4. The van der Waals surface area contributed by atoms with Gasteiger partial charge in [0, 0.05) is 30.9 Å². The van der Waals surface area contributed by atoms with Crippen molar-refractivity contribution in [2.75, 3.05) is 29.0 Å². The molecular weight excluding hydrogens is 262 g/mol. The molecule has 4 nitrogen and oxygen atoms in total. The lowest BCUT2D eigenvalue weighted by Crippen LogP contribution is -2.19. The van der Waals surface area contributed by atoms with Gasteiger partial charge >= 0.3 is 0 Å². The standard InChI is InChI=1S/C17H21N3O/c18-14-6-5-9-17(21)13(14)12-19-15-7-1-2-8-16(15)20-10-3-4-11-20/h1-2,5-9,19,21H,3-4,10-12,18H2. The Morgan fingerprint density at radius 2 is 1.81 bits per heavy atom. The van der Waals surface area contributed by atoms with Crippen molar-refractivity contribution in [2.24, 2.45) is 0 Å². The minimum absolute atomic E-state index is 0.237. The lowest BCUT2D eigenvalue weighted by atomic mass is 10.1. The first-order valence-corrected chi connectivity index (χ1v) is 7.40. The van der Waals surface area contributed by atoms with Gasteiger partial charge in [0.15, 0.2) is 0 Å². The van der Waals surface area contributed by atoms with Crippen LogP contribution in [0.15, 0.2) is 42.5 Å². The topological polar surface area (TPSA) is 61.5 Å². The molecule has 3 rings (SSSR count). The molecule has 4 heteroatoms. The van der Waals surface area contributed by atoms with Gasteiger partial charge in [0.1, 0.15) is 5.75 Å². The SMILES string of the molecule is Nc1cccc(O)c1CNc1ccccc1N1CCCC1. The molecule has 0 amide bonds. The maximum atomic E-state index is 9.92. The number of nitrogens with two attached hydrogens (primary N) is 1. The van der Waals surface area contributed by atoms with E-state index < -0.39 is 0 Å². The summed E-state index contributed by atoms with van der Waals surface area (Å²) in [6.45, 7) is 2.73. The van der Waals surface area contributed by atoms with E-state index in [9.17, 15) is 5.11 Å². The molecule has 21 heavy (non-hydrogen) atoms. The molecule has 0 saturated carbocycles. The highest BCUT2D eigenvalue weighted by molar-refractivity contribution is 5.71. The monoisotopic (exact) mass is 283 g/mol. The fourth-order valence-electron chi connectivity index (χ4n) is 2.83. The van der Waals surface area contributed by atoms with Crippen molar-refractivity contribution in [1.29, 1.82) is 0 Å². The van der Waals surface area contributed by atoms with Crippen molar-refractivity contribution in [3.63, 3.8) is 0 Å². The number of benzene rings is 2. The second-order valence-corrected chi connectivity index (χ2v) is 5.41. The Hall–Kier alpha value is -2.36. The van der Waals surface area contributed by atoms with Crippen LogP contribution in [0, 0.1) is 0 Å². The van der Waals surface area contributed by atoms with Crippen LogP contribution >= 0.6 is 0 Å². The van der Waals surface area contributed by atoms with Crippen LogP contribution in [0.1, 0.15) is 18.4 Å². The Labute approximate surface area is 125 Å². The average Bonchev–Trinajstić information content (AvgIpc) is 3.01. The average molecular weight is 283 g/mol. The molecule has 0 spiro atoms. The molecular formula is C17H21N3O. The summed E-state index contributed by atoms with van der Waals surface area (Å²) in [6, 6.07) is 13.5. The number of rotatable bonds is 4. The van der Waals surface area contributed by atoms with E-state index in [-0.39, 0.29) is 5.75 Å². The van der Waals surface area contributed by atoms with E-state index in [2.05, 4.69) is 28.4 Å². The normalized spacial score (nSPS) is 14.4. The quantitative estimate of drug-likeness (QED) is 0.754. The van der Waals surface area contributed by atoms with Crippen LogP contribution in [-0.2, 0) is 6.54 Å². The summed E-state index contributed by atoms with van der Waals surface area (Å²) in [6.07, 6.45) is 2.50. The van der Waals surface area contributed by atoms with Crippen LogP contribution < -0.4 is 16.0 Å². The van der Waals surface area contributed by atoms with Gasteiger partial charge in [-0.1, -0.05) is 18.2 Å². The molecule has 0 atom stereocenters. The fourth-order valence-corrected chi connectivity index (χ4v) is 2.83. The van der Waals surface area contributed by atoms with Gasteiger partial charge in [-0.3, -0.25) is 0 Å². The largest absolute Gasteiger partial charge is 0.508 e. The van der Waals surface area contributed by atoms with Gasteiger partial charge in [-0.25, -0.2) is 0 Å². The molecule has 0 aromatic heterocycles. The predicted molar refractivity (Wildman–Crippen MR) is 87.7 cm³/mol. The summed E-state index contributed by atoms with van der Waals surface area (Å²) in [7, 11) is 0.